The Morgan fingerprint density at radius 3 is 2.48 bits per heavy atom. The van der Waals surface area contributed by atoms with Crippen molar-refractivity contribution in [2.75, 3.05) is 13.9 Å². The number of amides is 1. The maximum absolute atomic E-state index is 12.9. The Labute approximate surface area is 269 Å². The van der Waals surface area contributed by atoms with Gasteiger partial charge in [0.25, 0.3) is 0 Å². The van der Waals surface area contributed by atoms with E-state index in [9.17, 15) is 30.3 Å². The molecule has 14 nitrogen and oxygen atoms in total. The average molecular weight is 665 g/mol. The van der Waals surface area contributed by atoms with Crippen molar-refractivity contribution in [3.63, 3.8) is 0 Å². The van der Waals surface area contributed by atoms with E-state index in [2.05, 4.69) is 10.5 Å². The van der Waals surface area contributed by atoms with Crippen LogP contribution in [0.25, 0.3) is 6.08 Å². The Bertz CT molecular complexity index is 1460. The number of aliphatic hydroxyl groups is 4. The van der Waals surface area contributed by atoms with Gasteiger partial charge in [0, 0.05) is 17.7 Å². The topological polar surface area (TPSA) is 198 Å². The summed E-state index contributed by atoms with van der Waals surface area (Å²) in [6.07, 6.45) is -8.61. The van der Waals surface area contributed by atoms with Crippen molar-refractivity contribution < 1.29 is 58.8 Å². The van der Waals surface area contributed by atoms with Crippen molar-refractivity contribution in [1.29, 1.82) is 0 Å². The second-order valence-corrected chi connectivity index (χ2v) is 11.7. The largest absolute Gasteiger partial charge is 0.504 e. The first-order valence-electron chi connectivity index (χ1n) is 14.5. The van der Waals surface area contributed by atoms with Gasteiger partial charge in [-0.1, -0.05) is 35.0 Å². The Kier molecular flexibility index (Phi) is 10.8. The lowest BCUT2D eigenvalue weighted by Gasteiger charge is -2.41. The Morgan fingerprint density at radius 1 is 1.04 bits per heavy atom. The molecule has 0 radical (unpaired) electrons. The van der Waals surface area contributed by atoms with Gasteiger partial charge in [0.1, 0.15) is 62.2 Å². The van der Waals surface area contributed by atoms with Crippen LogP contribution in [-0.2, 0) is 35.2 Å². The Hall–Kier alpha value is -3.31. The summed E-state index contributed by atoms with van der Waals surface area (Å²) >= 11 is 6.00. The average Bonchev–Trinajstić information content (AvgIpc) is 3.64. The van der Waals surface area contributed by atoms with E-state index < -0.39 is 67.1 Å². The van der Waals surface area contributed by atoms with Crippen LogP contribution in [0.1, 0.15) is 25.0 Å². The summed E-state index contributed by atoms with van der Waals surface area (Å²) in [6.45, 7) is 3.18. The number of hydrogen-bond donors (Lipinski definition) is 6. The molecule has 6 N–H and O–H groups in total. The van der Waals surface area contributed by atoms with Gasteiger partial charge in [0.2, 0.25) is 12.2 Å². The standard InChI is InChI=1S/C31H37ClN2O12/c1-14(30(40)33-21-22(36)24(38)29-28(23(21)37)42-13-43-29)9-16-7-8-20(19(35)11-16)45-31-25(39)27(41-3)26(46-31)15(2)34-44-12-17-5-4-6-18(32)10-17/h4-11,21-29,31,35-39H,12-13H2,1-3H3,(H,33,40)/b14-9+,34-15+/t21?,22-,23+,24+,25-,26?,27?,28-,29+,31+/m0/s1. The smallest absolute Gasteiger partial charge is 0.247 e. The van der Waals surface area contributed by atoms with Crippen LogP contribution in [0.3, 0.4) is 0 Å². The number of carbonyl (C=O) groups is 1. The molecule has 1 aliphatic carbocycles. The number of ether oxygens (including phenoxy) is 5. The SMILES string of the molecule is COC1C(/C(C)=N/OCc2cccc(Cl)c2)O[C@@H](Oc2ccc(/C=C(\C)C(=O)NC3[C@@H](O)[C@@H]4OCO[C@@H]4[C@H](O)[C@H]3O)cc2O)[C@H]1O. The number of phenolic OH excluding ortho intramolecular Hbond substituents is 1. The molecule has 15 heteroatoms. The maximum atomic E-state index is 12.9. The number of rotatable bonds is 10. The van der Waals surface area contributed by atoms with Crippen LogP contribution in [0.2, 0.25) is 5.02 Å². The number of nitrogens with one attached hydrogen (secondary N) is 1. The molecule has 2 heterocycles. The number of methoxy groups -OCH3 is 1. The molecule has 0 bridgehead atoms. The Morgan fingerprint density at radius 2 is 1.78 bits per heavy atom. The van der Waals surface area contributed by atoms with Crippen LogP contribution in [0.15, 0.2) is 53.2 Å². The van der Waals surface area contributed by atoms with E-state index in [1.54, 1.807) is 31.2 Å². The van der Waals surface area contributed by atoms with E-state index in [1.165, 1.54) is 32.2 Å². The molecule has 2 aromatic carbocycles. The first-order chi connectivity index (χ1) is 22.0. The molecule has 1 saturated carbocycles. The fraction of sp³-hybridized carbons (Fsp3) is 0.484. The minimum absolute atomic E-state index is 0.00128. The highest BCUT2D eigenvalue weighted by atomic mass is 35.5. The van der Waals surface area contributed by atoms with Crippen LogP contribution in [0, 0.1) is 0 Å². The van der Waals surface area contributed by atoms with Crippen molar-refractivity contribution in [1.82, 2.24) is 5.32 Å². The number of carbonyl (C=O) groups excluding carboxylic acids is 1. The normalized spacial score (nSPS) is 33.0. The van der Waals surface area contributed by atoms with Crippen molar-refractivity contribution in [2.24, 2.45) is 5.16 Å². The summed E-state index contributed by atoms with van der Waals surface area (Å²) in [7, 11) is 1.41. The van der Waals surface area contributed by atoms with Gasteiger partial charge in [-0.15, -0.1) is 0 Å². The number of hydrogen-bond acceptors (Lipinski definition) is 13. The summed E-state index contributed by atoms with van der Waals surface area (Å²) in [5.74, 6) is -0.919. The van der Waals surface area contributed by atoms with Gasteiger partial charge in [-0.25, -0.2) is 0 Å². The highest BCUT2D eigenvalue weighted by molar-refractivity contribution is 6.30. The molecule has 46 heavy (non-hydrogen) atoms. The molecule has 0 spiro atoms. The molecule has 2 aliphatic heterocycles. The predicted molar refractivity (Wildman–Crippen MR) is 162 cm³/mol. The monoisotopic (exact) mass is 664 g/mol. The molecule has 0 aromatic heterocycles. The highest BCUT2D eigenvalue weighted by Gasteiger charge is 2.53. The number of benzene rings is 2. The van der Waals surface area contributed by atoms with Gasteiger partial charge >= 0.3 is 0 Å². The molecule has 3 aliphatic rings. The zero-order valence-electron chi connectivity index (χ0n) is 25.2. The van der Waals surface area contributed by atoms with Crippen LogP contribution in [-0.4, -0.2) is 112 Å². The number of fused-ring (bicyclic) bond motifs is 1. The van der Waals surface area contributed by atoms with E-state index >= 15 is 0 Å². The van der Waals surface area contributed by atoms with Crippen molar-refractivity contribution in [3.05, 3.63) is 64.2 Å². The molecule has 10 atom stereocenters. The molecule has 2 aromatic rings. The van der Waals surface area contributed by atoms with Crippen molar-refractivity contribution in [3.8, 4) is 11.5 Å². The van der Waals surface area contributed by atoms with Gasteiger partial charge in [-0.3, -0.25) is 4.79 Å². The van der Waals surface area contributed by atoms with E-state index in [0.717, 1.165) is 5.56 Å². The van der Waals surface area contributed by atoms with Crippen molar-refractivity contribution in [2.45, 2.75) is 81.6 Å². The first-order valence-corrected chi connectivity index (χ1v) is 14.9. The minimum atomic E-state index is -1.49. The van der Waals surface area contributed by atoms with Gasteiger partial charge in [-0.05, 0) is 55.3 Å². The zero-order chi connectivity index (χ0) is 33.1. The molecule has 1 amide bonds. The zero-order valence-corrected chi connectivity index (χ0v) is 26.0. The van der Waals surface area contributed by atoms with Gasteiger partial charge < -0.3 is 59.4 Å². The summed E-state index contributed by atoms with van der Waals surface area (Å²) < 4.78 is 27.6. The number of halogens is 1. The van der Waals surface area contributed by atoms with Crippen LogP contribution in [0.4, 0.5) is 0 Å². The summed E-state index contributed by atoms with van der Waals surface area (Å²) in [6, 6.07) is 10.3. The van der Waals surface area contributed by atoms with E-state index in [0.29, 0.717) is 16.3 Å². The number of nitrogens with zero attached hydrogens (tertiary/aromatic N) is 1. The lowest BCUT2D eigenvalue weighted by Crippen LogP contribution is -2.67. The van der Waals surface area contributed by atoms with Gasteiger partial charge in [-0.2, -0.15) is 0 Å². The van der Waals surface area contributed by atoms with Crippen molar-refractivity contribution >= 4 is 29.3 Å². The molecular formula is C31H37ClN2O12. The summed E-state index contributed by atoms with van der Waals surface area (Å²) in [5.41, 5.74) is 1.82. The lowest BCUT2D eigenvalue weighted by atomic mass is 9.83. The van der Waals surface area contributed by atoms with E-state index in [4.69, 9.17) is 40.1 Å². The third kappa shape index (κ3) is 7.30. The van der Waals surface area contributed by atoms with Crippen LogP contribution >= 0.6 is 11.6 Å². The number of aromatic hydroxyl groups is 1. The van der Waals surface area contributed by atoms with Crippen LogP contribution in [0.5, 0.6) is 11.5 Å². The number of oxime groups is 1. The molecule has 3 fully saturated rings. The maximum Gasteiger partial charge on any atom is 0.247 e. The summed E-state index contributed by atoms with van der Waals surface area (Å²) in [4.78, 5) is 18.3. The molecule has 2 saturated heterocycles. The van der Waals surface area contributed by atoms with Gasteiger partial charge in [0.05, 0.1) is 11.8 Å². The third-order valence-electron chi connectivity index (χ3n) is 8.08. The summed E-state index contributed by atoms with van der Waals surface area (Å²) in [5, 5.41) is 60.1. The molecular weight excluding hydrogens is 628 g/mol. The number of phenols is 1. The fourth-order valence-electron chi connectivity index (χ4n) is 5.61. The number of aliphatic hydroxyl groups excluding tert-OH is 4. The highest BCUT2D eigenvalue weighted by Crippen LogP contribution is 2.34. The lowest BCUT2D eigenvalue weighted by molar-refractivity contribution is -0.155. The first kappa shape index (κ1) is 34.0. The fourth-order valence-corrected chi connectivity index (χ4v) is 5.82. The molecule has 3 unspecified atom stereocenters. The second-order valence-electron chi connectivity index (χ2n) is 11.3. The molecule has 5 rings (SSSR count). The van der Waals surface area contributed by atoms with E-state index in [1.807, 2.05) is 6.07 Å². The van der Waals surface area contributed by atoms with Gasteiger partial charge in [0.15, 0.2) is 11.5 Å². The molecule has 250 valence electrons. The Balaban J connectivity index is 1.20. The predicted octanol–water partition coefficient (Wildman–Crippen LogP) is 0.844. The van der Waals surface area contributed by atoms with E-state index in [-0.39, 0.29) is 30.5 Å². The second kappa shape index (κ2) is 14.6. The quantitative estimate of drug-likeness (QED) is 0.119. The minimum Gasteiger partial charge on any atom is -0.504 e. The third-order valence-corrected chi connectivity index (χ3v) is 8.31. The van der Waals surface area contributed by atoms with Crippen LogP contribution < -0.4 is 10.1 Å².